The van der Waals surface area contributed by atoms with Gasteiger partial charge in [-0.2, -0.15) is 5.26 Å². The summed E-state index contributed by atoms with van der Waals surface area (Å²) in [7, 11) is -3.36. The van der Waals surface area contributed by atoms with Crippen LogP contribution in [-0.4, -0.2) is 32.9 Å². The van der Waals surface area contributed by atoms with Crippen molar-refractivity contribution in [2.45, 2.75) is 37.5 Å². The van der Waals surface area contributed by atoms with Crippen LogP contribution in [0.25, 0.3) is 11.1 Å². The third kappa shape index (κ3) is 4.38. The number of rotatable bonds is 5. The summed E-state index contributed by atoms with van der Waals surface area (Å²) in [6.07, 6.45) is 0.763. The molecule has 0 aromatic heterocycles. The van der Waals surface area contributed by atoms with Crippen LogP contribution in [0.1, 0.15) is 37.3 Å². The number of hydrogen-bond donors (Lipinski definition) is 1. The molecule has 0 radical (unpaired) electrons. The van der Waals surface area contributed by atoms with Gasteiger partial charge in [-0.25, -0.2) is 13.1 Å². The van der Waals surface area contributed by atoms with Crippen LogP contribution >= 0.6 is 0 Å². The number of nitrogens with zero attached hydrogens (tertiary/aromatic N) is 1. The van der Waals surface area contributed by atoms with E-state index in [1.54, 1.807) is 19.9 Å². The van der Waals surface area contributed by atoms with Crippen LogP contribution in [0, 0.1) is 11.3 Å². The molecular weight excluding hydrogens is 360 g/mol. The van der Waals surface area contributed by atoms with Crippen molar-refractivity contribution >= 4 is 10.0 Å². The molecule has 0 amide bonds. The van der Waals surface area contributed by atoms with Crippen LogP contribution in [0.3, 0.4) is 0 Å². The van der Waals surface area contributed by atoms with E-state index in [2.05, 4.69) is 10.8 Å². The molecule has 1 saturated heterocycles. The fraction of sp³-hybridized carbons (Fsp3) is 0.381. The molecule has 2 atom stereocenters. The Morgan fingerprint density at radius 3 is 2.52 bits per heavy atom. The van der Waals surface area contributed by atoms with E-state index >= 15 is 0 Å². The summed E-state index contributed by atoms with van der Waals surface area (Å²) in [6, 6.07) is 17.5. The minimum Gasteiger partial charge on any atom is -0.380 e. The lowest BCUT2D eigenvalue weighted by molar-refractivity contribution is 0.0644. The van der Waals surface area contributed by atoms with Crippen molar-refractivity contribution in [1.82, 2.24) is 4.72 Å². The fourth-order valence-electron chi connectivity index (χ4n) is 3.34. The monoisotopic (exact) mass is 384 g/mol. The number of nitrogens with one attached hydrogen (secondary N) is 1. The lowest BCUT2D eigenvalue weighted by Gasteiger charge is -2.33. The van der Waals surface area contributed by atoms with Crippen LogP contribution in [0.15, 0.2) is 48.5 Å². The van der Waals surface area contributed by atoms with Gasteiger partial charge in [-0.15, -0.1) is 0 Å². The number of benzene rings is 2. The average Bonchev–Trinajstić information content (AvgIpc) is 2.68. The van der Waals surface area contributed by atoms with E-state index in [4.69, 9.17) is 4.74 Å². The van der Waals surface area contributed by atoms with E-state index in [9.17, 15) is 13.7 Å². The Balaban J connectivity index is 1.85. The maximum absolute atomic E-state index is 12.3. The number of nitriles is 1. The molecule has 1 heterocycles. The van der Waals surface area contributed by atoms with E-state index in [-0.39, 0.29) is 12.0 Å². The molecule has 1 fully saturated rings. The minimum absolute atomic E-state index is 0.0625. The van der Waals surface area contributed by atoms with Crippen molar-refractivity contribution in [2.75, 3.05) is 13.2 Å². The molecule has 0 aliphatic carbocycles. The van der Waals surface area contributed by atoms with Crippen molar-refractivity contribution in [3.8, 4) is 17.2 Å². The summed E-state index contributed by atoms with van der Waals surface area (Å²) >= 11 is 0. The molecular formula is C21H24N2O3S. The van der Waals surface area contributed by atoms with Crippen LogP contribution in [0.4, 0.5) is 0 Å². The number of ether oxygens (including phenoxy) is 1. The van der Waals surface area contributed by atoms with Gasteiger partial charge in [0.1, 0.15) is 0 Å². The van der Waals surface area contributed by atoms with Crippen molar-refractivity contribution < 1.29 is 13.2 Å². The van der Waals surface area contributed by atoms with Crippen LogP contribution < -0.4 is 4.72 Å². The Labute approximate surface area is 161 Å². The molecule has 27 heavy (non-hydrogen) atoms. The Morgan fingerprint density at radius 2 is 1.85 bits per heavy atom. The maximum Gasteiger partial charge on any atom is 0.214 e. The van der Waals surface area contributed by atoms with Gasteiger partial charge >= 0.3 is 0 Å². The molecule has 1 N–H and O–H groups in total. The molecule has 0 bridgehead atoms. The summed E-state index contributed by atoms with van der Waals surface area (Å²) < 4.78 is 32.9. The molecule has 1 aliphatic heterocycles. The molecule has 2 aromatic carbocycles. The molecule has 3 rings (SSSR count). The summed E-state index contributed by atoms with van der Waals surface area (Å²) in [5.74, 6) is 0.0625. The largest absolute Gasteiger partial charge is 0.380 e. The SMILES string of the molecule is CC(C)S(=O)(=O)N[C@@H]1COCC[C@@H]1c1ccc(-c2ccccc2C#N)cc1. The molecule has 0 saturated carbocycles. The Morgan fingerprint density at radius 1 is 1.15 bits per heavy atom. The molecule has 0 unspecified atom stereocenters. The van der Waals surface area contributed by atoms with Crippen LogP contribution in [0.2, 0.25) is 0 Å². The van der Waals surface area contributed by atoms with Crippen LogP contribution in [0.5, 0.6) is 0 Å². The standard InChI is InChI=1S/C21H24N2O3S/c1-15(2)27(24,25)23-21-14-26-12-11-20(21)17-9-7-16(8-10-17)19-6-4-3-5-18(19)13-22/h3-10,15,20-21,23H,11-12,14H2,1-2H3/t20-,21-/m1/s1. The van der Waals surface area contributed by atoms with Crippen molar-refractivity contribution in [3.05, 3.63) is 59.7 Å². The molecule has 0 spiro atoms. The molecule has 5 nitrogen and oxygen atoms in total. The number of sulfonamides is 1. The van der Waals surface area contributed by atoms with Gasteiger partial charge in [-0.1, -0.05) is 42.5 Å². The topological polar surface area (TPSA) is 79.2 Å². The first kappa shape index (κ1) is 19.6. The highest BCUT2D eigenvalue weighted by molar-refractivity contribution is 7.90. The minimum atomic E-state index is -3.36. The van der Waals surface area contributed by atoms with E-state index in [0.717, 1.165) is 23.1 Å². The molecule has 1 aliphatic rings. The Kier molecular flexibility index (Phi) is 5.95. The smallest absolute Gasteiger partial charge is 0.214 e. The zero-order chi connectivity index (χ0) is 19.4. The lowest BCUT2D eigenvalue weighted by atomic mass is 9.87. The van der Waals surface area contributed by atoms with E-state index in [0.29, 0.717) is 18.8 Å². The van der Waals surface area contributed by atoms with Crippen molar-refractivity contribution in [1.29, 1.82) is 5.26 Å². The highest BCUT2D eigenvalue weighted by Crippen LogP contribution is 2.31. The van der Waals surface area contributed by atoms with Gasteiger partial charge in [0.05, 0.1) is 29.5 Å². The predicted octanol–water partition coefficient (Wildman–Crippen LogP) is 3.43. The van der Waals surface area contributed by atoms with Crippen molar-refractivity contribution in [2.24, 2.45) is 0 Å². The first-order valence-electron chi connectivity index (χ1n) is 9.10. The summed E-state index contributed by atoms with van der Waals surface area (Å²) in [5, 5.41) is 8.82. The van der Waals surface area contributed by atoms with E-state index in [1.165, 1.54) is 0 Å². The Hall–Kier alpha value is -2.20. The van der Waals surface area contributed by atoms with Gasteiger partial charge < -0.3 is 4.74 Å². The van der Waals surface area contributed by atoms with Gasteiger partial charge in [0.2, 0.25) is 10.0 Å². The highest BCUT2D eigenvalue weighted by Gasteiger charge is 2.31. The van der Waals surface area contributed by atoms with Gasteiger partial charge in [0.25, 0.3) is 0 Å². The lowest BCUT2D eigenvalue weighted by Crippen LogP contribution is -2.47. The normalized spacial score (nSPS) is 20.4. The first-order chi connectivity index (χ1) is 12.9. The Bertz CT molecular complexity index is 931. The third-order valence-electron chi connectivity index (χ3n) is 4.99. The first-order valence-corrected chi connectivity index (χ1v) is 10.7. The fourth-order valence-corrected chi connectivity index (χ4v) is 4.27. The second-order valence-corrected chi connectivity index (χ2v) is 9.34. The zero-order valence-electron chi connectivity index (χ0n) is 15.6. The second-order valence-electron chi connectivity index (χ2n) is 7.07. The molecule has 2 aromatic rings. The van der Waals surface area contributed by atoms with E-state index < -0.39 is 15.3 Å². The summed E-state index contributed by atoms with van der Waals surface area (Å²) in [4.78, 5) is 0. The maximum atomic E-state index is 12.3. The second kappa shape index (κ2) is 8.22. The van der Waals surface area contributed by atoms with Crippen LogP contribution in [-0.2, 0) is 14.8 Å². The summed E-state index contributed by atoms with van der Waals surface area (Å²) in [6.45, 7) is 4.32. The predicted molar refractivity (Wildman–Crippen MR) is 106 cm³/mol. The van der Waals surface area contributed by atoms with Gasteiger partial charge in [0.15, 0.2) is 0 Å². The van der Waals surface area contributed by atoms with E-state index in [1.807, 2.05) is 42.5 Å². The zero-order valence-corrected chi connectivity index (χ0v) is 16.4. The number of hydrogen-bond acceptors (Lipinski definition) is 4. The quantitative estimate of drug-likeness (QED) is 0.857. The van der Waals surface area contributed by atoms with Crippen molar-refractivity contribution in [3.63, 3.8) is 0 Å². The summed E-state index contributed by atoms with van der Waals surface area (Å²) in [5.41, 5.74) is 3.59. The van der Waals surface area contributed by atoms with Gasteiger partial charge in [-0.05, 0) is 43.0 Å². The van der Waals surface area contributed by atoms with Gasteiger partial charge in [0, 0.05) is 12.5 Å². The van der Waals surface area contributed by atoms with Gasteiger partial charge in [-0.3, -0.25) is 0 Å². The molecule has 142 valence electrons. The highest BCUT2D eigenvalue weighted by atomic mass is 32.2. The third-order valence-corrected chi connectivity index (χ3v) is 6.86. The molecule has 6 heteroatoms. The average molecular weight is 385 g/mol.